The molecule has 1 aliphatic heterocycles. The molecule has 0 spiro atoms. The zero-order valence-corrected chi connectivity index (χ0v) is 16.2. The number of carbonyl (C=O) groups excluding carboxylic acids is 2. The van der Waals surface area contributed by atoms with Crippen molar-refractivity contribution in [2.75, 3.05) is 31.5 Å². The molecule has 0 saturated carbocycles. The second kappa shape index (κ2) is 8.31. The lowest BCUT2D eigenvalue weighted by molar-refractivity contribution is 0.153. The van der Waals surface area contributed by atoms with Crippen LogP contribution >= 0.6 is 11.3 Å². The van der Waals surface area contributed by atoms with Crippen LogP contribution in [0.3, 0.4) is 0 Å². The summed E-state index contributed by atoms with van der Waals surface area (Å²) in [6.07, 6.45) is 0.331. The van der Waals surface area contributed by atoms with Gasteiger partial charge in [0, 0.05) is 36.6 Å². The van der Waals surface area contributed by atoms with Crippen molar-refractivity contribution in [3.8, 4) is 5.75 Å². The van der Waals surface area contributed by atoms with Crippen LogP contribution < -0.4 is 10.1 Å². The molecule has 0 bridgehead atoms. The molecule has 0 radical (unpaired) electrons. The molecule has 2 heterocycles. The number of amides is 3. The average Bonchev–Trinajstić information content (AvgIpc) is 3.02. The van der Waals surface area contributed by atoms with Gasteiger partial charge in [0.15, 0.2) is 0 Å². The first-order valence-corrected chi connectivity index (χ1v) is 10.1. The minimum absolute atomic E-state index is 0.146. The van der Waals surface area contributed by atoms with Crippen molar-refractivity contribution in [2.45, 2.75) is 6.42 Å². The number of rotatable bonds is 2. The third kappa shape index (κ3) is 4.26. The lowest BCUT2D eigenvalue weighted by Gasteiger charge is -2.22. The summed E-state index contributed by atoms with van der Waals surface area (Å²) < 4.78 is 6.60. The van der Waals surface area contributed by atoms with Gasteiger partial charge in [-0.15, -0.1) is 11.3 Å². The molecule has 3 amide bonds. The molecule has 2 aromatic carbocycles. The number of fused-ring (bicyclic) bond motifs is 1. The molecule has 1 aliphatic rings. The Kier molecular flexibility index (Phi) is 5.43. The van der Waals surface area contributed by atoms with Crippen molar-refractivity contribution in [3.05, 3.63) is 60.0 Å². The summed E-state index contributed by atoms with van der Waals surface area (Å²) in [5.74, 6) is 0.523. The van der Waals surface area contributed by atoms with E-state index in [2.05, 4.69) is 5.32 Å². The van der Waals surface area contributed by atoms with E-state index < -0.39 is 0 Å². The molecule has 28 heavy (non-hydrogen) atoms. The second-order valence-electron chi connectivity index (χ2n) is 6.61. The summed E-state index contributed by atoms with van der Waals surface area (Å²) >= 11 is 1.68. The van der Waals surface area contributed by atoms with Gasteiger partial charge >= 0.3 is 12.1 Å². The van der Waals surface area contributed by atoms with E-state index in [0.29, 0.717) is 38.3 Å². The smallest absolute Gasteiger partial charge is 0.410 e. The predicted octanol–water partition coefficient (Wildman–Crippen LogP) is 4.64. The van der Waals surface area contributed by atoms with Gasteiger partial charge in [0.25, 0.3) is 0 Å². The van der Waals surface area contributed by atoms with Crippen LogP contribution in [0, 0.1) is 0 Å². The summed E-state index contributed by atoms with van der Waals surface area (Å²) in [6.45, 7) is 2.08. The minimum Gasteiger partial charge on any atom is -0.410 e. The van der Waals surface area contributed by atoms with E-state index in [1.165, 1.54) is 4.70 Å². The highest BCUT2D eigenvalue weighted by molar-refractivity contribution is 7.17. The van der Waals surface area contributed by atoms with E-state index >= 15 is 0 Å². The standard InChI is InChI=1S/C21H21N3O3S/c25-20(22-17-7-8-19-16(15-17)9-14-28-19)23-10-4-11-24(13-12-23)21(26)27-18-5-2-1-3-6-18/h1-3,5-9,14-15H,4,10-13H2,(H,22,25). The SMILES string of the molecule is O=C(Nc1ccc2sccc2c1)N1CCCN(C(=O)Oc2ccccc2)CC1. The maximum absolute atomic E-state index is 12.6. The van der Waals surface area contributed by atoms with E-state index in [1.807, 2.05) is 47.8 Å². The van der Waals surface area contributed by atoms with E-state index in [1.54, 1.807) is 33.3 Å². The third-order valence-corrected chi connectivity index (χ3v) is 5.59. The number of carbonyl (C=O) groups is 2. The molecule has 1 aromatic heterocycles. The number of anilines is 1. The summed E-state index contributed by atoms with van der Waals surface area (Å²) in [6, 6.07) is 16.8. The molecule has 0 aliphatic carbocycles. The Labute approximate surface area is 167 Å². The van der Waals surface area contributed by atoms with E-state index in [9.17, 15) is 9.59 Å². The Hall–Kier alpha value is -3.06. The fraction of sp³-hybridized carbons (Fsp3) is 0.238. The van der Waals surface area contributed by atoms with Gasteiger partial charge < -0.3 is 19.9 Å². The van der Waals surface area contributed by atoms with Crippen LogP contribution in [0.1, 0.15) is 6.42 Å². The summed E-state index contributed by atoms with van der Waals surface area (Å²) in [5.41, 5.74) is 0.778. The van der Waals surface area contributed by atoms with Crippen LogP contribution in [0.25, 0.3) is 10.1 Å². The zero-order valence-electron chi connectivity index (χ0n) is 15.3. The lowest BCUT2D eigenvalue weighted by Crippen LogP contribution is -2.40. The van der Waals surface area contributed by atoms with Gasteiger partial charge in [-0.3, -0.25) is 0 Å². The quantitative estimate of drug-likeness (QED) is 0.688. The first kappa shape index (κ1) is 18.3. The van der Waals surface area contributed by atoms with Crippen molar-refractivity contribution in [2.24, 2.45) is 0 Å². The number of hydrogen-bond acceptors (Lipinski definition) is 4. The number of hydrogen-bond donors (Lipinski definition) is 1. The summed E-state index contributed by atoms with van der Waals surface area (Å²) in [4.78, 5) is 28.4. The maximum atomic E-state index is 12.6. The van der Waals surface area contributed by atoms with Gasteiger partial charge in [-0.05, 0) is 53.6 Å². The normalized spacial score (nSPS) is 14.6. The summed E-state index contributed by atoms with van der Waals surface area (Å²) in [5, 5.41) is 6.12. The first-order valence-electron chi connectivity index (χ1n) is 9.24. The third-order valence-electron chi connectivity index (χ3n) is 4.69. The topological polar surface area (TPSA) is 61.9 Å². The van der Waals surface area contributed by atoms with Gasteiger partial charge in [-0.1, -0.05) is 18.2 Å². The molecule has 7 heteroatoms. The Morgan fingerprint density at radius 3 is 2.57 bits per heavy atom. The Morgan fingerprint density at radius 1 is 0.929 bits per heavy atom. The van der Waals surface area contributed by atoms with Crippen molar-refractivity contribution in [1.82, 2.24) is 9.80 Å². The molecule has 1 N–H and O–H groups in total. The largest absolute Gasteiger partial charge is 0.415 e. The highest BCUT2D eigenvalue weighted by Gasteiger charge is 2.23. The van der Waals surface area contributed by atoms with Gasteiger partial charge in [-0.2, -0.15) is 0 Å². The fourth-order valence-electron chi connectivity index (χ4n) is 3.20. The number of nitrogens with zero attached hydrogens (tertiary/aromatic N) is 2. The maximum Gasteiger partial charge on any atom is 0.415 e. The van der Waals surface area contributed by atoms with Crippen LogP contribution in [0.15, 0.2) is 60.0 Å². The lowest BCUT2D eigenvalue weighted by atomic mass is 10.2. The highest BCUT2D eigenvalue weighted by Crippen LogP contribution is 2.24. The van der Waals surface area contributed by atoms with Crippen molar-refractivity contribution in [3.63, 3.8) is 0 Å². The van der Waals surface area contributed by atoms with Crippen LogP contribution in [0.5, 0.6) is 5.75 Å². The van der Waals surface area contributed by atoms with Crippen LogP contribution in [-0.4, -0.2) is 48.1 Å². The molecule has 1 fully saturated rings. The number of ether oxygens (including phenoxy) is 1. The van der Waals surface area contributed by atoms with Crippen LogP contribution in [-0.2, 0) is 0 Å². The number of nitrogens with one attached hydrogen (secondary N) is 1. The molecule has 0 unspecified atom stereocenters. The van der Waals surface area contributed by atoms with Gasteiger partial charge in [0.2, 0.25) is 0 Å². The molecule has 0 atom stereocenters. The predicted molar refractivity (Wildman–Crippen MR) is 111 cm³/mol. The van der Waals surface area contributed by atoms with Gasteiger partial charge in [-0.25, -0.2) is 9.59 Å². The average molecular weight is 395 g/mol. The molecular formula is C21H21N3O3S. The van der Waals surface area contributed by atoms with Crippen molar-refractivity contribution < 1.29 is 14.3 Å². The Balaban J connectivity index is 1.33. The number of benzene rings is 2. The monoisotopic (exact) mass is 395 g/mol. The summed E-state index contributed by atoms with van der Waals surface area (Å²) in [7, 11) is 0. The Bertz CT molecular complexity index is 973. The van der Waals surface area contributed by atoms with Crippen molar-refractivity contribution in [1.29, 1.82) is 0 Å². The van der Waals surface area contributed by atoms with Crippen LogP contribution in [0.2, 0.25) is 0 Å². The highest BCUT2D eigenvalue weighted by atomic mass is 32.1. The molecule has 4 rings (SSSR count). The molecule has 1 saturated heterocycles. The second-order valence-corrected chi connectivity index (χ2v) is 7.56. The number of urea groups is 1. The van der Waals surface area contributed by atoms with Crippen LogP contribution in [0.4, 0.5) is 15.3 Å². The van der Waals surface area contributed by atoms with Crippen molar-refractivity contribution >= 4 is 39.2 Å². The molecule has 144 valence electrons. The minimum atomic E-state index is -0.378. The van der Waals surface area contributed by atoms with E-state index in [4.69, 9.17) is 4.74 Å². The zero-order chi connectivity index (χ0) is 19.3. The van der Waals surface area contributed by atoms with E-state index in [-0.39, 0.29) is 12.1 Å². The molecular weight excluding hydrogens is 374 g/mol. The number of para-hydroxylation sites is 1. The fourth-order valence-corrected chi connectivity index (χ4v) is 3.97. The number of thiophene rings is 1. The van der Waals surface area contributed by atoms with E-state index in [0.717, 1.165) is 11.1 Å². The first-order chi connectivity index (χ1) is 13.7. The Morgan fingerprint density at radius 2 is 1.71 bits per heavy atom. The van der Waals surface area contributed by atoms with Gasteiger partial charge in [0.1, 0.15) is 5.75 Å². The molecule has 3 aromatic rings. The molecule has 6 nitrogen and oxygen atoms in total. The van der Waals surface area contributed by atoms with Gasteiger partial charge in [0.05, 0.1) is 0 Å².